The monoisotopic (exact) mass is 956 g/mol. The molecule has 2 aliphatic rings. The third-order valence-electron chi connectivity index (χ3n) is 13.1. The highest BCUT2D eigenvalue weighted by molar-refractivity contribution is 5.76. The molecule has 67 heavy (non-hydrogen) atoms. The van der Waals surface area contributed by atoms with E-state index in [-0.39, 0.29) is 18.9 Å². The quantitative estimate of drug-likeness (QED) is 0.0214. The molecule has 12 unspecified atom stereocenters. The first-order chi connectivity index (χ1) is 32.6. The van der Waals surface area contributed by atoms with E-state index >= 15 is 0 Å². The smallest absolute Gasteiger partial charge is 0.220 e. The molecule has 2 fully saturated rings. The first kappa shape index (κ1) is 61.3. The number of carbonyl (C=O) groups is 1. The molecule has 2 rings (SSSR count). The molecule has 1 amide bonds. The number of hydrogen-bond acceptors (Lipinski definition) is 13. The summed E-state index contributed by atoms with van der Waals surface area (Å²) in [6, 6.07) is -0.917. The lowest BCUT2D eigenvalue weighted by molar-refractivity contribution is -0.359. The number of aliphatic hydroxyl groups excluding tert-OH is 8. The minimum absolute atomic E-state index is 0.248. The van der Waals surface area contributed by atoms with E-state index < -0.39 is 86.8 Å². The van der Waals surface area contributed by atoms with E-state index in [9.17, 15) is 45.6 Å². The van der Waals surface area contributed by atoms with Gasteiger partial charge in [0.25, 0.3) is 0 Å². The van der Waals surface area contributed by atoms with Gasteiger partial charge in [0, 0.05) is 6.42 Å². The molecule has 2 saturated heterocycles. The summed E-state index contributed by atoms with van der Waals surface area (Å²) in [5.74, 6) is -0.248. The standard InChI is InChI=1S/C53H97NO13/c1-3-5-7-9-11-13-15-17-19-20-21-23-25-27-29-31-33-35-37-45(58)54-41(42(57)36-34-32-30-28-26-24-22-18-16-14-12-10-8-6-4-2)40-64-52-50(63)48(61)51(44(39-56)66-52)67-53-49(62)47(60)46(59)43(38-55)65-53/h13,15,19-20,34,36,41-44,46-53,55-57,59-63H,3-12,14,16-18,21-33,35,37-40H2,1-2H3,(H,54,58)/b15-13-,20-19-,36-34+. The lowest BCUT2D eigenvalue weighted by Crippen LogP contribution is -2.65. The van der Waals surface area contributed by atoms with Gasteiger partial charge in [0.1, 0.15) is 48.8 Å². The predicted molar refractivity (Wildman–Crippen MR) is 263 cm³/mol. The molecule has 2 heterocycles. The third kappa shape index (κ3) is 26.8. The molecule has 0 aromatic rings. The Morgan fingerprint density at radius 1 is 0.537 bits per heavy atom. The SMILES string of the molecule is CCCCCC/C=C\C/C=C\CCCCCCCCCC(=O)NC(COC1OC(CO)C(OC2OC(CO)C(O)C(O)C2O)C(O)C1O)C(O)/C=C/CCCCCCCCCCCCCCC. The van der Waals surface area contributed by atoms with Crippen molar-refractivity contribution in [3.63, 3.8) is 0 Å². The summed E-state index contributed by atoms with van der Waals surface area (Å²) in [5.41, 5.74) is 0. The van der Waals surface area contributed by atoms with Crippen LogP contribution >= 0.6 is 0 Å². The van der Waals surface area contributed by atoms with Gasteiger partial charge in [-0.2, -0.15) is 0 Å². The molecule has 0 aromatic heterocycles. The Balaban J connectivity index is 1.83. The largest absolute Gasteiger partial charge is 0.394 e. The molecular weight excluding hydrogens is 859 g/mol. The minimum Gasteiger partial charge on any atom is -0.394 e. The molecule has 0 saturated carbocycles. The second kappa shape index (κ2) is 39.9. The zero-order valence-corrected chi connectivity index (χ0v) is 41.6. The maximum atomic E-state index is 13.2. The number of nitrogens with one attached hydrogen (secondary N) is 1. The number of aliphatic hydroxyl groups is 8. The molecule has 14 nitrogen and oxygen atoms in total. The normalized spacial score (nSPS) is 26.8. The van der Waals surface area contributed by atoms with Gasteiger partial charge in [-0.3, -0.25) is 4.79 Å². The van der Waals surface area contributed by atoms with Crippen molar-refractivity contribution >= 4 is 5.91 Å². The molecule has 0 aromatic carbocycles. The summed E-state index contributed by atoms with van der Waals surface area (Å²) in [4.78, 5) is 13.2. The fourth-order valence-corrected chi connectivity index (χ4v) is 8.67. The molecule has 9 N–H and O–H groups in total. The van der Waals surface area contributed by atoms with Gasteiger partial charge in [0.05, 0.1) is 32.0 Å². The average molecular weight is 956 g/mol. The van der Waals surface area contributed by atoms with E-state index in [0.29, 0.717) is 6.42 Å². The van der Waals surface area contributed by atoms with Crippen LogP contribution in [0.1, 0.15) is 200 Å². The van der Waals surface area contributed by atoms with E-state index in [0.717, 1.165) is 57.8 Å². The summed E-state index contributed by atoms with van der Waals surface area (Å²) >= 11 is 0. The van der Waals surface area contributed by atoms with Crippen molar-refractivity contribution < 1.29 is 64.6 Å². The molecule has 12 atom stereocenters. The lowest BCUT2D eigenvalue weighted by atomic mass is 9.97. The first-order valence-electron chi connectivity index (χ1n) is 26.7. The Kier molecular flexibility index (Phi) is 36.5. The number of ether oxygens (including phenoxy) is 4. The van der Waals surface area contributed by atoms with Crippen LogP contribution in [-0.4, -0.2) is 140 Å². The molecule has 2 aliphatic heterocycles. The highest BCUT2D eigenvalue weighted by atomic mass is 16.7. The summed E-state index contributed by atoms with van der Waals surface area (Å²) in [5, 5.41) is 86.8. The third-order valence-corrected chi connectivity index (χ3v) is 13.1. The molecule has 392 valence electrons. The summed E-state index contributed by atoms with van der Waals surface area (Å²) in [7, 11) is 0. The second-order valence-corrected chi connectivity index (χ2v) is 19.0. The highest BCUT2D eigenvalue weighted by Crippen LogP contribution is 2.30. The Morgan fingerprint density at radius 3 is 1.51 bits per heavy atom. The fourth-order valence-electron chi connectivity index (χ4n) is 8.67. The Hall–Kier alpha value is -1.79. The Labute approximate surface area is 404 Å². The van der Waals surface area contributed by atoms with Crippen LogP contribution in [-0.2, 0) is 23.7 Å². The summed E-state index contributed by atoms with van der Waals surface area (Å²) in [6.07, 6.45) is 28.9. The van der Waals surface area contributed by atoms with Gasteiger partial charge in [-0.05, 0) is 51.4 Å². The van der Waals surface area contributed by atoms with Crippen molar-refractivity contribution in [1.82, 2.24) is 5.32 Å². The molecule has 0 bridgehead atoms. The van der Waals surface area contributed by atoms with Crippen LogP contribution in [0.25, 0.3) is 0 Å². The van der Waals surface area contributed by atoms with Crippen LogP contribution in [0.2, 0.25) is 0 Å². The molecule has 0 aliphatic carbocycles. The van der Waals surface area contributed by atoms with Gasteiger partial charge in [0.2, 0.25) is 5.91 Å². The van der Waals surface area contributed by atoms with Crippen LogP contribution in [0, 0.1) is 0 Å². The van der Waals surface area contributed by atoms with E-state index in [1.165, 1.54) is 116 Å². The van der Waals surface area contributed by atoms with Crippen molar-refractivity contribution in [2.45, 2.75) is 274 Å². The van der Waals surface area contributed by atoms with Gasteiger partial charge < -0.3 is 65.1 Å². The van der Waals surface area contributed by atoms with E-state index in [1.807, 2.05) is 6.08 Å². The van der Waals surface area contributed by atoms with Gasteiger partial charge >= 0.3 is 0 Å². The number of rotatable bonds is 41. The van der Waals surface area contributed by atoms with Crippen molar-refractivity contribution in [3.05, 3.63) is 36.5 Å². The van der Waals surface area contributed by atoms with Crippen LogP contribution < -0.4 is 5.32 Å². The van der Waals surface area contributed by atoms with Crippen LogP contribution in [0.15, 0.2) is 36.5 Å². The summed E-state index contributed by atoms with van der Waals surface area (Å²) < 4.78 is 22.7. The van der Waals surface area contributed by atoms with Crippen LogP contribution in [0.5, 0.6) is 0 Å². The van der Waals surface area contributed by atoms with E-state index in [4.69, 9.17) is 18.9 Å². The maximum absolute atomic E-state index is 13.2. The fraction of sp³-hybridized carbons (Fsp3) is 0.868. The summed E-state index contributed by atoms with van der Waals surface area (Å²) in [6.45, 7) is 2.76. The molecular formula is C53H97NO13. The first-order valence-corrected chi connectivity index (χ1v) is 26.7. The molecule has 14 heteroatoms. The van der Waals surface area contributed by atoms with Crippen LogP contribution in [0.4, 0.5) is 0 Å². The Morgan fingerprint density at radius 2 is 0.985 bits per heavy atom. The lowest BCUT2D eigenvalue weighted by Gasteiger charge is -2.46. The maximum Gasteiger partial charge on any atom is 0.220 e. The number of allylic oxidation sites excluding steroid dienone is 5. The van der Waals surface area contributed by atoms with Gasteiger partial charge in [-0.1, -0.05) is 179 Å². The van der Waals surface area contributed by atoms with E-state index in [2.05, 4.69) is 43.5 Å². The number of hydrogen-bond donors (Lipinski definition) is 9. The molecule has 0 radical (unpaired) electrons. The van der Waals surface area contributed by atoms with Gasteiger partial charge in [-0.25, -0.2) is 0 Å². The minimum atomic E-state index is -1.79. The number of unbranched alkanes of at least 4 members (excludes halogenated alkanes) is 24. The second-order valence-electron chi connectivity index (χ2n) is 19.0. The topological polar surface area (TPSA) is 228 Å². The van der Waals surface area contributed by atoms with Crippen molar-refractivity contribution in [3.8, 4) is 0 Å². The highest BCUT2D eigenvalue weighted by Gasteiger charge is 2.51. The molecule has 0 spiro atoms. The zero-order chi connectivity index (χ0) is 48.9. The van der Waals surface area contributed by atoms with Gasteiger partial charge in [-0.15, -0.1) is 0 Å². The zero-order valence-electron chi connectivity index (χ0n) is 41.6. The predicted octanol–water partition coefficient (Wildman–Crippen LogP) is 7.49. The van der Waals surface area contributed by atoms with Gasteiger partial charge in [0.15, 0.2) is 12.6 Å². The Bertz CT molecular complexity index is 1270. The number of carbonyl (C=O) groups excluding carboxylic acids is 1. The average Bonchev–Trinajstić information content (AvgIpc) is 3.32. The van der Waals surface area contributed by atoms with E-state index in [1.54, 1.807) is 6.08 Å². The van der Waals surface area contributed by atoms with Crippen molar-refractivity contribution in [2.24, 2.45) is 0 Å². The van der Waals surface area contributed by atoms with Crippen molar-refractivity contribution in [1.29, 1.82) is 0 Å². The number of amides is 1. The van der Waals surface area contributed by atoms with Crippen molar-refractivity contribution in [2.75, 3.05) is 19.8 Å². The van der Waals surface area contributed by atoms with Crippen LogP contribution in [0.3, 0.4) is 0 Å².